The zero-order chi connectivity index (χ0) is 8.27. The number of carbonyl (C=O) groups is 1. The molecule has 1 fully saturated rings. The van der Waals surface area contributed by atoms with E-state index in [9.17, 15) is 4.79 Å². The maximum atomic E-state index is 11.4. The number of likely N-dealkylation sites (N-methyl/N-ethyl adjacent to an activating group) is 1. The smallest absolute Gasteiger partial charge is 0.239 e. The van der Waals surface area contributed by atoms with E-state index >= 15 is 0 Å². The molecule has 1 aliphatic rings. The maximum Gasteiger partial charge on any atom is 0.239 e. The van der Waals surface area contributed by atoms with E-state index in [-0.39, 0.29) is 11.9 Å². The number of amides is 1. The summed E-state index contributed by atoms with van der Waals surface area (Å²) in [4.78, 5) is 13.2. The molecule has 0 aromatic carbocycles. The third-order valence-corrected chi connectivity index (χ3v) is 2.21. The Bertz CT molecular complexity index is 141. The molecule has 11 heavy (non-hydrogen) atoms. The van der Waals surface area contributed by atoms with E-state index in [2.05, 4.69) is 5.32 Å². The lowest BCUT2D eigenvalue weighted by atomic mass is 10.2. The predicted molar refractivity (Wildman–Crippen MR) is 44.3 cm³/mol. The molecule has 0 aromatic rings. The van der Waals surface area contributed by atoms with Crippen LogP contribution < -0.4 is 5.32 Å². The van der Waals surface area contributed by atoms with Gasteiger partial charge in [0.1, 0.15) is 0 Å². The summed E-state index contributed by atoms with van der Waals surface area (Å²) in [7, 11) is 1.85. The fourth-order valence-electron chi connectivity index (χ4n) is 1.32. The van der Waals surface area contributed by atoms with Crippen LogP contribution in [-0.4, -0.2) is 37.0 Å². The SMILES string of the molecule is CCN(C)C(=O)[C@H]1CCCN1. The van der Waals surface area contributed by atoms with Crippen LogP contribution in [0.15, 0.2) is 0 Å². The molecule has 64 valence electrons. The minimum Gasteiger partial charge on any atom is -0.345 e. The topological polar surface area (TPSA) is 32.3 Å². The van der Waals surface area contributed by atoms with E-state index in [4.69, 9.17) is 0 Å². The summed E-state index contributed by atoms with van der Waals surface area (Å²) in [5.74, 6) is 0.241. The Labute approximate surface area is 67.8 Å². The summed E-state index contributed by atoms with van der Waals surface area (Å²) in [6.45, 7) is 3.79. The number of rotatable bonds is 2. The van der Waals surface area contributed by atoms with E-state index in [0.717, 1.165) is 25.9 Å². The number of hydrogen-bond acceptors (Lipinski definition) is 2. The lowest BCUT2D eigenvalue weighted by molar-refractivity contribution is -0.131. The Balaban J connectivity index is 2.39. The number of nitrogens with one attached hydrogen (secondary N) is 1. The van der Waals surface area contributed by atoms with Crippen molar-refractivity contribution in [2.75, 3.05) is 20.1 Å². The third kappa shape index (κ3) is 1.93. The van der Waals surface area contributed by atoms with Gasteiger partial charge in [0, 0.05) is 13.6 Å². The van der Waals surface area contributed by atoms with E-state index in [1.807, 2.05) is 14.0 Å². The number of carbonyl (C=O) groups excluding carboxylic acids is 1. The largest absolute Gasteiger partial charge is 0.345 e. The van der Waals surface area contributed by atoms with Crippen molar-refractivity contribution >= 4 is 5.91 Å². The van der Waals surface area contributed by atoms with Crippen LogP contribution in [0, 0.1) is 0 Å². The molecular weight excluding hydrogens is 140 g/mol. The highest BCUT2D eigenvalue weighted by Crippen LogP contribution is 2.06. The molecule has 1 N–H and O–H groups in total. The quantitative estimate of drug-likeness (QED) is 0.620. The molecule has 0 unspecified atom stereocenters. The number of nitrogens with zero attached hydrogens (tertiary/aromatic N) is 1. The zero-order valence-corrected chi connectivity index (χ0v) is 7.26. The fourth-order valence-corrected chi connectivity index (χ4v) is 1.32. The minimum atomic E-state index is 0.0972. The van der Waals surface area contributed by atoms with Gasteiger partial charge < -0.3 is 10.2 Å². The first-order chi connectivity index (χ1) is 5.25. The van der Waals surface area contributed by atoms with Gasteiger partial charge >= 0.3 is 0 Å². The van der Waals surface area contributed by atoms with E-state index in [1.54, 1.807) is 4.90 Å². The molecular formula is C8H16N2O. The van der Waals surface area contributed by atoms with Crippen LogP contribution in [0.1, 0.15) is 19.8 Å². The highest BCUT2D eigenvalue weighted by atomic mass is 16.2. The van der Waals surface area contributed by atoms with Gasteiger partial charge in [0.2, 0.25) is 5.91 Å². The Morgan fingerprint density at radius 3 is 2.91 bits per heavy atom. The first-order valence-electron chi connectivity index (χ1n) is 4.24. The average Bonchev–Trinajstić information content (AvgIpc) is 2.53. The monoisotopic (exact) mass is 156 g/mol. The van der Waals surface area contributed by atoms with Crippen molar-refractivity contribution in [1.82, 2.24) is 10.2 Å². The van der Waals surface area contributed by atoms with Gasteiger partial charge in [0.15, 0.2) is 0 Å². The normalized spacial score (nSPS) is 23.6. The summed E-state index contributed by atoms with van der Waals surface area (Å²) >= 11 is 0. The molecule has 3 heteroatoms. The maximum absolute atomic E-state index is 11.4. The first kappa shape index (κ1) is 8.53. The van der Waals surface area contributed by atoms with Gasteiger partial charge in [-0.15, -0.1) is 0 Å². The lowest BCUT2D eigenvalue weighted by Gasteiger charge is -2.18. The Hall–Kier alpha value is -0.570. The van der Waals surface area contributed by atoms with Crippen molar-refractivity contribution in [2.45, 2.75) is 25.8 Å². The van der Waals surface area contributed by atoms with Crippen molar-refractivity contribution in [1.29, 1.82) is 0 Å². The van der Waals surface area contributed by atoms with Crippen LogP contribution in [0.2, 0.25) is 0 Å². The van der Waals surface area contributed by atoms with E-state index < -0.39 is 0 Å². The Kier molecular flexibility index (Phi) is 2.88. The van der Waals surface area contributed by atoms with Gasteiger partial charge in [-0.1, -0.05) is 0 Å². The Morgan fingerprint density at radius 1 is 1.73 bits per heavy atom. The molecule has 1 amide bonds. The molecule has 1 rings (SSSR count). The molecule has 0 bridgehead atoms. The molecule has 1 aliphatic heterocycles. The molecule has 0 saturated carbocycles. The second kappa shape index (κ2) is 3.72. The zero-order valence-electron chi connectivity index (χ0n) is 7.26. The van der Waals surface area contributed by atoms with Crippen LogP contribution in [0.25, 0.3) is 0 Å². The second-order valence-electron chi connectivity index (χ2n) is 3.00. The highest BCUT2D eigenvalue weighted by Gasteiger charge is 2.23. The average molecular weight is 156 g/mol. The van der Waals surface area contributed by atoms with Gasteiger partial charge in [-0.05, 0) is 26.3 Å². The molecule has 0 radical (unpaired) electrons. The molecule has 0 spiro atoms. The summed E-state index contributed by atoms with van der Waals surface area (Å²) < 4.78 is 0. The van der Waals surface area contributed by atoms with E-state index in [1.165, 1.54) is 0 Å². The third-order valence-electron chi connectivity index (χ3n) is 2.21. The van der Waals surface area contributed by atoms with Crippen molar-refractivity contribution in [3.05, 3.63) is 0 Å². The summed E-state index contributed by atoms with van der Waals surface area (Å²) in [5.41, 5.74) is 0. The molecule has 0 aromatic heterocycles. The van der Waals surface area contributed by atoms with Gasteiger partial charge in [-0.3, -0.25) is 4.79 Å². The van der Waals surface area contributed by atoms with Crippen molar-refractivity contribution in [3.63, 3.8) is 0 Å². The van der Waals surface area contributed by atoms with Crippen molar-refractivity contribution in [3.8, 4) is 0 Å². The van der Waals surface area contributed by atoms with Crippen LogP contribution in [-0.2, 0) is 4.79 Å². The van der Waals surface area contributed by atoms with Gasteiger partial charge in [0.05, 0.1) is 6.04 Å². The van der Waals surface area contributed by atoms with Crippen molar-refractivity contribution in [2.24, 2.45) is 0 Å². The molecule has 3 nitrogen and oxygen atoms in total. The standard InChI is InChI=1S/C8H16N2O/c1-3-10(2)8(11)7-5-4-6-9-7/h7,9H,3-6H2,1-2H3/t7-/m1/s1. The minimum absolute atomic E-state index is 0.0972. The lowest BCUT2D eigenvalue weighted by Crippen LogP contribution is -2.41. The summed E-state index contributed by atoms with van der Waals surface area (Å²) in [5, 5.41) is 3.18. The van der Waals surface area contributed by atoms with Crippen LogP contribution in [0.5, 0.6) is 0 Å². The first-order valence-corrected chi connectivity index (χ1v) is 4.24. The number of hydrogen-bond donors (Lipinski definition) is 1. The molecule has 1 atom stereocenters. The van der Waals surface area contributed by atoms with Crippen molar-refractivity contribution < 1.29 is 4.79 Å². The van der Waals surface area contributed by atoms with Gasteiger partial charge in [-0.25, -0.2) is 0 Å². The van der Waals surface area contributed by atoms with Gasteiger partial charge in [-0.2, -0.15) is 0 Å². The summed E-state index contributed by atoms with van der Waals surface area (Å²) in [6, 6.07) is 0.0972. The fraction of sp³-hybridized carbons (Fsp3) is 0.875. The Morgan fingerprint density at radius 2 is 2.45 bits per heavy atom. The predicted octanol–water partition coefficient (Wildman–Crippen LogP) is 0.217. The summed E-state index contributed by atoms with van der Waals surface area (Å²) in [6.07, 6.45) is 2.14. The van der Waals surface area contributed by atoms with E-state index in [0.29, 0.717) is 0 Å². The second-order valence-corrected chi connectivity index (χ2v) is 3.00. The van der Waals surface area contributed by atoms with Gasteiger partial charge in [0.25, 0.3) is 0 Å². The van der Waals surface area contributed by atoms with Crippen LogP contribution in [0.4, 0.5) is 0 Å². The van der Waals surface area contributed by atoms with Crippen LogP contribution in [0.3, 0.4) is 0 Å². The van der Waals surface area contributed by atoms with Crippen LogP contribution >= 0.6 is 0 Å². The molecule has 1 heterocycles. The highest BCUT2D eigenvalue weighted by molar-refractivity contribution is 5.81. The molecule has 1 saturated heterocycles. The molecule has 0 aliphatic carbocycles.